The summed E-state index contributed by atoms with van der Waals surface area (Å²) in [4.78, 5) is 62.7. The highest BCUT2D eigenvalue weighted by atomic mass is 19.4. The molecule has 0 radical (unpaired) electrons. The van der Waals surface area contributed by atoms with Crippen LogP contribution < -0.4 is 15.4 Å². The van der Waals surface area contributed by atoms with Crippen molar-refractivity contribution in [3.63, 3.8) is 0 Å². The van der Waals surface area contributed by atoms with E-state index in [1.807, 2.05) is 0 Å². The van der Waals surface area contributed by atoms with Gasteiger partial charge in [-0.1, -0.05) is 12.1 Å². The summed E-state index contributed by atoms with van der Waals surface area (Å²) in [5, 5.41) is 4.66. The van der Waals surface area contributed by atoms with Gasteiger partial charge in [0.25, 0.3) is 17.7 Å². The Kier molecular flexibility index (Phi) is 5.82. The summed E-state index contributed by atoms with van der Waals surface area (Å²) in [7, 11) is 0. The molecule has 2 aliphatic rings. The second-order valence-electron chi connectivity index (χ2n) is 7.54. The van der Waals surface area contributed by atoms with Crippen LogP contribution in [0.1, 0.15) is 49.5 Å². The molecule has 34 heavy (non-hydrogen) atoms. The maximum Gasteiger partial charge on any atom is 0.573 e. The molecule has 2 aromatic carbocycles. The number of piperidine rings is 1. The summed E-state index contributed by atoms with van der Waals surface area (Å²) in [6.07, 6.45) is -4.86. The first-order valence-electron chi connectivity index (χ1n) is 10.0. The van der Waals surface area contributed by atoms with Crippen LogP contribution in [0.3, 0.4) is 0 Å². The van der Waals surface area contributed by atoms with Crippen LogP contribution in [0.15, 0.2) is 42.5 Å². The lowest BCUT2D eigenvalue weighted by atomic mass is 10.0. The number of benzene rings is 2. The fraction of sp³-hybridized carbons (Fsp3) is 0.227. The lowest BCUT2D eigenvalue weighted by Crippen LogP contribution is -2.54. The first-order chi connectivity index (χ1) is 16.0. The Labute approximate surface area is 189 Å². The molecule has 176 valence electrons. The molecular formula is C22H16F3N3O6. The van der Waals surface area contributed by atoms with Crippen LogP contribution in [0.4, 0.5) is 13.2 Å². The molecule has 1 fully saturated rings. The lowest BCUT2D eigenvalue weighted by molar-refractivity contribution is -0.274. The maximum atomic E-state index is 13.0. The highest BCUT2D eigenvalue weighted by Gasteiger charge is 2.45. The van der Waals surface area contributed by atoms with Crippen molar-refractivity contribution in [3.8, 4) is 5.75 Å². The van der Waals surface area contributed by atoms with E-state index in [9.17, 15) is 37.1 Å². The quantitative estimate of drug-likeness (QED) is 0.638. The highest BCUT2D eigenvalue weighted by molar-refractivity contribution is 6.24. The maximum absolute atomic E-state index is 13.0. The van der Waals surface area contributed by atoms with E-state index in [-0.39, 0.29) is 36.1 Å². The summed E-state index contributed by atoms with van der Waals surface area (Å²) in [5.41, 5.74) is 0.465. The molecule has 4 rings (SSSR count). The second-order valence-corrected chi connectivity index (χ2v) is 7.54. The number of ether oxygens (including phenoxy) is 1. The molecule has 0 spiro atoms. The van der Waals surface area contributed by atoms with Crippen molar-refractivity contribution in [1.29, 1.82) is 0 Å². The van der Waals surface area contributed by atoms with Gasteiger partial charge in [0, 0.05) is 18.5 Å². The number of amides is 5. The number of alkyl halides is 3. The summed E-state index contributed by atoms with van der Waals surface area (Å²) < 4.78 is 40.6. The molecule has 0 bridgehead atoms. The lowest BCUT2D eigenvalue weighted by Gasteiger charge is -2.27. The number of carbonyl (C=O) groups excluding carboxylic acids is 5. The average molecular weight is 475 g/mol. The van der Waals surface area contributed by atoms with Crippen molar-refractivity contribution >= 4 is 29.5 Å². The van der Waals surface area contributed by atoms with E-state index in [1.165, 1.54) is 18.2 Å². The van der Waals surface area contributed by atoms with Crippen molar-refractivity contribution in [2.24, 2.45) is 0 Å². The van der Waals surface area contributed by atoms with E-state index in [4.69, 9.17) is 0 Å². The number of nitrogens with zero attached hydrogens (tertiary/aromatic N) is 1. The van der Waals surface area contributed by atoms with Crippen LogP contribution in [-0.4, -0.2) is 46.8 Å². The summed E-state index contributed by atoms with van der Waals surface area (Å²) in [5.74, 6) is -3.73. The molecule has 12 heteroatoms. The molecule has 2 heterocycles. The van der Waals surface area contributed by atoms with Gasteiger partial charge in [-0.05, 0) is 42.3 Å². The van der Waals surface area contributed by atoms with Gasteiger partial charge in [0.05, 0.1) is 11.1 Å². The molecule has 1 unspecified atom stereocenters. The number of hydrogen-bond donors (Lipinski definition) is 2. The summed E-state index contributed by atoms with van der Waals surface area (Å²) >= 11 is 0. The number of hydrogen-bond acceptors (Lipinski definition) is 6. The van der Waals surface area contributed by atoms with Gasteiger partial charge in [0.2, 0.25) is 11.8 Å². The summed E-state index contributed by atoms with van der Waals surface area (Å²) in [6, 6.07) is 7.61. The van der Waals surface area contributed by atoms with Gasteiger partial charge in [-0.25, -0.2) is 0 Å². The molecule has 0 saturated carbocycles. The smallest absolute Gasteiger partial charge is 0.406 e. The van der Waals surface area contributed by atoms with Gasteiger partial charge in [0.15, 0.2) is 0 Å². The van der Waals surface area contributed by atoms with Crippen molar-refractivity contribution in [2.75, 3.05) is 0 Å². The van der Waals surface area contributed by atoms with E-state index in [1.54, 1.807) is 0 Å². The van der Waals surface area contributed by atoms with Gasteiger partial charge < -0.3 is 10.1 Å². The fourth-order valence-electron chi connectivity index (χ4n) is 3.82. The van der Waals surface area contributed by atoms with E-state index in [0.717, 1.165) is 29.2 Å². The van der Waals surface area contributed by atoms with E-state index < -0.39 is 47.7 Å². The minimum absolute atomic E-state index is 0.0102. The SMILES string of the molecule is O=C1CCC(N2C(=O)c3cccc(CNC(=O)c4ccc(OC(F)(F)F)cc4)c3C2=O)C(=O)N1. The number of halogens is 3. The Morgan fingerprint density at radius 3 is 2.41 bits per heavy atom. The fourth-order valence-corrected chi connectivity index (χ4v) is 3.82. The molecule has 0 aromatic heterocycles. The third-order valence-electron chi connectivity index (χ3n) is 5.34. The predicted molar refractivity (Wildman–Crippen MR) is 107 cm³/mol. The van der Waals surface area contributed by atoms with Gasteiger partial charge in [0.1, 0.15) is 11.8 Å². The molecule has 2 N–H and O–H groups in total. The molecule has 5 amide bonds. The third kappa shape index (κ3) is 4.47. The molecule has 0 aliphatic carbocycles. The van der Waals surface area contributed by atoms with Crippen LogP contribution in [0.5, 0.6) is 5.75 Å². The van der Waals surface area contributed by atoms with Crippen LogP contribution in [-0.2, 0) is 16.1 Å². The van der Waals surface area contributed by atoms with Crippen LogP contribution in [0.2, 0.25) is 0 Å². The van der Waals surface area contributed by atoms with E-state index in [0.29, 0.717) is 5.56 Å². The standard InChI is InChI=1S/C22H16F3N3O6/c23-22(24,25)34-13-6-4-11(5-7-13)18(30)26-10-12-2-1-3-14-17(12)21(33)28(20(14)32)15-8-9-16(29)27-19(15)31/h1-7,15H,8-10H2,(H,26,30)(H,27,29,31). The zero-order valence-corrected chi connectivity index (χ0v) is 17.3. The van der Waals surface area contributed by atoms with Gasteiger partial charge in [-0.15, -0.1) is 13.2 Å². The van der Waals surface area contributed by atoms with Gasteiger partial charge in [-0.3, -0.25) is 34.2 Å². The van der Waals surface area contributed by atoms with Crippen molar-refractivity contribution < 1.29 is 41.9 Å². The van der Waals surface area contributed by atoms with Gasteiger partial charge in [-0.2, -0.15) is 0 Å². The number of fused-ring (bicyclic) bond motifs is 1. The monoisotopic (exact) mass is 475 g/mol. The molecule has 1 saturated heterocycles. The Morgan fingerprint density at radius 1 is 1.06 bits per heavy atom. The second kappa shape index (κ2) is 8.61. The largest absolute Gasteiger partial charge is 0.573 e. The molecule has 2 aliphatic heterocycles. The zero-order chi connectivity index (χ0) is 24.6. The Hall–Kier alpha value is -4.22. The Balaban J connectivity index is 1.48. The van der Waals surface area contributed by atoms with Crippen LogP contribution >= 0.6 is 0 Å². The summed E-state index contributed by atoms with van der Waals surface area (Å²) in [6.45, 7) is -0.162. The first kappa shape index (κ1) is 23.0. The van der Waals surface area contributed by atoms with Crippen LogP contribution in [0, 0.1) is 0 Å². The minimum Gasteiger partial charge on any atom is -0.406 e. The highest BCUT2D eigenvalue weighted by Crippen LogP contribution is 2.30. The molecule has 9 nitrogen and oxygen atoms in total. The molecular weight excluding hydrogens is 459 g/mol. The predicted octanol–water partition coefficient (Wildman–Crippen LogP) is 1.92. The van der Waals surface area contributed by atoms with E-state index >= 15 is 0 Å². The third-order valence-corrected chi connectivity index (χ3v) is 5.34. The van der Waals surface area contributed by atoms with E-state index in [2.05, 4.69) is 15.4 Å². The Bertz CT molecular complexity index is 1210. The zero-order valence-electron chi connectivity index (χ0n) is 17.3. The Morgan fingerprint density at radius 2 is 1.76 bits per heavy atom. The number of carbonyl (C=O) groups is 5. The first-order valence-corrected chi connectivity index (χ1v) is 10.0. The minimum atomic E-state index is -4.86. The van der Waals surface area contributed by atoms with Gasteiger partial charge >= 0.3 is 6.36 Å². The normalized spacial score (nSPS) is 18.0. The van der Waals surface area contributed by atoms with Crippen LogP contribution in [0.25, 0.3) is 0 Å². The number of nitrogens with one attached hydrogen (secondary N) is 2. The van der Waals surface area contributed by atoms with Crippen molar-refractivity contribution in [2.45, 2.75) is 31.8 Å². The number of rotatable bonds is 5. The average Bonchev–Trinajstić information content (AvgIpc) is 3.02. The van der Waals surface area contributed by atoms with Crippen molar-refractivity contribution in [1.82, 2.24) is 15.5 Å². The molecule has 1 atom stereocenters. The molecule has 2 aromatic rings. The number of imide groups is 2. The van der Waals surface area contributed by atoms with Crippen molar-refractivity contribution in [3.05, 3.63) is 64.7 Å². The topological polar surface area (TPSA) is 122 Å².